The Balaban J connectivity index is 1.85. The number of hydrogen-bond acceptors (Lipinski definition) is 4. The molecule has 2 N–H and O–H groups in total. The van der Waals surface area contributed by atoms with Crippen LogP contribution in [0.3, 0.4) is 0 Å². The molecular weight excluding hydrogens is 354 g/mol. The third-order valence-electron chi connectivity index (χ3n) is 3.69. The van der Waals surface area contributed by atoms with Crippen molar-refractivity contribution in [3.63, 3.8) is 0 Å². The number of amides is 2. The summed E-state index contributed by atoms with van der Waals surface area (Å²) in [5.74, 6) is -0.380. The summed E-state index contributed by atoms with van der Waals surface area (Å²) in [5, 5.41) is 5.80. The van der Waals surface area contributed by atoms with Gasteiger partial charge in [0.25, 0.3) is 0 Å². The summed E-state index contributed by atoms with van der Waals surface area (Å²) in [6.45, 7) is 4.15. The predicted octanol–water partition coefficient (Wildman–Crippen LogP) is 3.30. The van der Waals surface area contributed by atoms with Crippen LogP contribution < -0.4 is 10.6 Å². The highest BCUT2D eigenvalue weighted by Crippen LogP contribution is 2.07. The molecule has 0 unspecified atom stereocenters. The first-order chi connectivity index (χ1) is 12.5. The number of carbonyl (C=O) groups excluding carboxylic acids is 2. The van der Waals surface area contributed by atoms with Gasteiger partial charge >= 0.3 is 6.09 Å². The van der Waals surface area contributed by atoms with Crippen LogP contribution in [0.25, 0.3) is 0 Å². The Labute approximate surface area is 157 Å². The molecule has 2 rings (SSSR count). The second kappa shape index (κ2) is 9.77. The van der Waals surface area contributed by atoms with Gasteiger partial charge in [-0.2, -0.15) is 0 Å². The fraction of sp³-hybridized carbons (Fsp3) is 0.316. The van der Waals surface area contributed by atoms with E-state index in [1.54, 1.807) is 18.3 Å². The van der Waals surface area contributed by atoms with Crippen molar-refractivity contribution in [1.29, 1.82) is 0 Å². The fourth-order valence-corrected chi connectivity index (χ4v) is 2.35. The Bertz CT molecular complexity index is 721. The van der Waals surface area contributed by atoms with Gasteiger partial charge in [0.1, 0.15) is 17.8 Å². The molecule has 26 heavy (non-hydrogen) atoms. The van der Waals surface area contributed by atoms with Gasteiger partial charge in [-0.15, -0.1) is 0 Å². The first-order valence-corrected chi connectivity index (χ1v) is 8.69. The van der Waals surface area contributed by atoms with Crippen LogP contribution in [0.1, 0.15) is 25.0 Å². The van der Waals surface area contributed by atoms with Gasteiger partial charge in [0, 0.05) is 12.7 Å². The zero-order valence-electron chi connectivity index (χ0n) is 14.7. The Morgan fingerprint density at radius 3 is 2.46 bits per heavy atom. The minimum Gasteiger partial charge on any atom is -0.445 e. The summed E-state index contributed by atoms with van der Waals surface area (Å²) < 4.78 is 5.18. The molecule has 2 aromatic rings. The van der Waals surface area contributed by atoms with Gasteiger partial charge < -0.3 is 15.4 Å². The van der Waals surface area contributed by atoms with Crippen LogP contribution in [0.15, 0.2) is 48.7 Å². The number of carbonyl (C=O) groups is 2. The highest BCUT2D eigenvalue weighted by molar-refractivity contribution is 6.29. The molecule has 0 spiro atoms. The van der Waals surface area contributed by atoms with Crippen molar-refractivity contribution in [3.05, 3.63) is 64.9 Å². The van der Waals surface area contributed by atoms with Gasteiger partial charge in [-0.1, -0.05) is 61.8 Å². The van der Waals surface area contributed by atoms with Gasteiger partial charge in [-0.25, -0.2) is 9.78 Å². The lowest BCUT2D eigenvalue weighted by Gasteiger charge is -2.21. The number of benzene rings is 1. The van der Waals surface area contributed by atoms with Crippen molar-refractivity contribution in [1.82, 2.24) is 15.6 Å². The van der Waals surface area contributed by atoms with E-state index < -0.39 is 12.1 Å². The third-order valence-corrected chi connectivity index (χ3v) is 3.91. The molecule has 0 radical (unpaired) electrons. The summed E-state index contributed by atoms with van der Waals surface area (Å²) in [7, 11) is 0. The number of nitrogens with one attached hydrogen (secondary N) is 2. The molecular formula is C19H22ClN3O3. The number of halogens is 1. The zero-order chi connectivity index (χ0) is 18.9. The van der Waals surface area contributed by atoms with E-state index in [2.05, 4.69) is 15.6 Å². The quantitative estimate of drug-likeness (QED) is 0.727. The van der Waals surface area contributed by atoms with Crippen LogP contribution in [-0.4, -0.2) is 23.0 Å². The monoisotopic (exact) mass is 375 g/mol. The van der Waals surface area contributed by atoms with Gasteiger partial charge in [0.2, 0.25) is 5.91 Å². The average Bonchev–Trinajstić information content (AvgIpc) is 2.64. The summed E-state index contributed by atoms with van der Waals surface area (Å²) in [6.07, 6.45) is 0.963. The number of rotatable bonds is 7. The Hall–Kier alpha value is -2.60. The molecule has 1 aromatic carbocycles. The van der Waals surface area contributed by atoms with E-state index in [-0.39, 0.29) is 18.4 Å². The fourth-order valence-electron chi connectivity index (χ4n) is 2.24. The smallest absolute Gasteiger partial charge is 0.408 e. The van der Waals surface area contributed by atoms with E-state index in [4.69, 9.17) is 16.3 Å². The zero-order valence-corrected chi connectivity index (χ0v) is 15.5. The predicted molar refractivity (Wildman–Crippen MR) is 99.5 cm³/mol. The lowest BCUT2D eigenvalue weighted by molar-refractivity contribution is -0.124. The normalized spacial score (nSPS) is 11.7. The minimum absolute atomic E-state index is 0.0948. The van der Waals surface area contributed by atoms with Gasteiger partial charge in [-0.3, -0.25) is 4.79 Å². The number of alkyl carbamates (subject to hydrolysis) is 1. The largest absolute Gasteiger partial charge is 0.445 e. The SMILES string of the molecule is CC(C)[C@H](NC(=O)OCc1ccccc1)C(=O)NCc1ccc(Cl)nc1. The van der Waals surface area contributed by atoms with Crippen molar-refractivity contribution in [2.45, 2.75) is 33.0 Å². The van der Waals surface area contributed by atoms with Crippen LogP contribution in [-0.2, 0) is 22.7 Å². The molecule has 0 aliphatic heterocycles. The van der Waals surface area contributed by atoms with Crippen LogP contribution in [0.5, 0.6) is 0 Å². The first-order valence-electron chi connectivity index (χ1n) is 8.31. The van der Waals surface area contributed by atoms with E-state index in [0.717, 1.165) is 11.1 Å². The van der Waals surface area contributed by atoms with Crippen LogP contribution in [0, 0.1) is 5.92 Å². The van der Waals surface area contributed by atoms with Crippen LogP contribution >= 0.6 is 11.6 Å². The third kappa shape index (κ3) is 6.37. The molecule has 1 aromatic heterocycles. The Kier molecular flexibility index (Phi) is 7.41. The van der Waals surface area contributed by atoms with Crippen molar-refractivity contribution in [2.75, 3.05) is 0 Å². The molecule has 2 amide bonds. The summed E-state index contributed by atoms with van der Waals surface area (Å²) in [5.41, 5.74) is 1.69. The first kappa shape index (κ1) is 19.7. The molecule has 0 aliphatic carbocycles. The van der Waals surface area contributed by atoms with Crippen molar-refractivity contribution >= 4 is 23.6 Å². The molecule has 0 saturated heterocycles. The number of ether oxygens (including phenoxy) is 1. The highest BCUT2D eigenvalue weighted by Gasteiger charge is 2.24. The molecule has 6 nitrogen and oxygen atoms in total. The number of hydrogen-bond donors (Lipinski definition) is 2. The van der Waals surface area contributed by atoms with Crippen LogP contribution in [0.2, 0.25) is 5.15 Å². The second-order valence-electron chi connectivity index (χ2n) is 6.13. The number of pyridine rings is 1. The molecule has 1 atom stereocenters. The topological polar surface area (TPSA) is 80.3 Å². The summed E-state index contributed by atoms with van der Waals surface area (Å²) >= 11 is 5.74. The average molecular weight is 376 g/mol. The van der Waals surface area contributed by atoms with E-state index in [1.807, 2.05) is 44.2 Å². The second-order valence-corrected chi connectivity index (χ2v) is 6.52. The lowest BCUT2D eigenvalue weighted by Crippen LogP contribution is -2.49. The maximum atomic E-state index is 12.4. The van der Waals surface area contributed by atoms with Gasteiger partial charge in [0.05, 0.1) is 0 Å². The van der Waals surface area contributed by atoms with Crippen molar-refractivity contribution in [3.8, 4) is 0 Å². The molecule has 0 saturated carbocycles. The van der Waals surface area contributed by atoms with Crippen molar-refractivity contribution in [2.24, 2.45) is 5.92 Å². The molecule has 7 heteroatoms. The van der Waals surface area contributed by atoms with E-state index >= 15 is 0 Å². The minimum atomic E-state index is -0.696. The summed E-state index contributed by atoms with van der Waals surface area (Å²) in [4.78, 5) is 28.4. The number of aromatic nitrogens is 1. The van der Waals surface area contributed by atoms with E-state index in [9.17, 15) is 9.59 Å². The molecule has 0 aliphatic rings. The van der Waals surface area contributed by atoms with Gasteiger partial charge in [-0.05, 0) is 23.1 Å². The number of nitrogens with zero attached hydrogens (tertiary/aromatic N) is 1. The molecule has 0 bridgehead atoms. The molecule has 138 valence electrons. The summed E-state index contributed by atoms with van der Waals surface area (Å²) in [6, 6.07) is 12.1. The highest BCUT2D eigenvalue weighted by atomic mass is 35.5. The Morgan fingerprint density at radius 1 is 1.12 bits per heavy atom. The van der Waals surface area contributed by atoms with Gasteiger partial charge in [0.15, 0.2) is 0 Å². The molecule has 1 heterocycles. The molecule has 0 fully saturated rings. The maximum Gasteiger partial charge on any atom is 0.408 e. The lowest BCUT2D eigenvalue weighted by atomic mass is 10.0. The van der Waals surface area contributed by atoms with E-state index in [1.165, 1.54) is 0 Å². The maximum absolute atomic E-state index is 12.4. The van der Waals surface area contributed by atoms with E-state index in [0.29, 0.717) is 11.7 Å². The standard InChI is InChI=1S/C19H22ClN3O3/c1-13(2)17(18(24)22-11-15-8-9-16(20)21-10-15)23-19(25)26-12-14-6-4-3-5-7-14/h3-10,13,17H,11-12H2,1-2H3,(H,22,24)(H,23,25)/t17-/m0/s1. The Morgan fingerprint density at radius 2 is 1.85 bits per heavy atom. The van der Waals surface area contributed by atoms with Crippen LogP contribution in [0.4, 0.5) is 4.79 Å². The van der Waals surface area contributed by atoms with Crippen molar-refractivity contribution < 1.29 is 14.3 Å².